The van der Waals surface area contributed by atoms with E-state index < -0.39 is 14.0 Å². The number of aromatic nitrogens is 1. The van der Waals surface area contributed by atoms with Gasteiger partial charge in [-0.05, 0) is 12.1 Å². The van der Waals surface area contributed by atoms with Crippen molar-refractivity contribution in [1.29, 1.82) is 0 Å². The number of hydrogen-bond acceptors (Lipinski definition) is 1. The zero-order valence-electron chi connectivity index (χ0n) is 9.66. The molecule has 0 aliphatic rings. The SMILES string of the molecule is C[Si](C)(C)c1ccc2cc(C(=O)O)[nH]c2c1. The topological polar surface area (TPSA) is 53.1 Å². The van der Waals surface area contributed by atoms with E-state index in [9.17, 15) is 4.79 Å². The predicted molar refractivity (Wildman–Crippen MR) is 68.2 cm³/mol. The fraction of sp³-hybridized carbons (Fsp3) is 0.250. The number of fused-ring (bicyclic) bond motifs is 1. The molecule has 0 fully saturated rings. The first-order valence-corrected chi connectivity index (χ1v) is 8.74. The second kappa shape index (κ2) is 3.49. The Labute approximate surface area is 95.1 Å². The molecule has 0 saturated carbocycles. The van der Waals surface area contributed by atoms with E-state index in [1.807, 2.05) is 6.07 Å². The average Bonchev–Trinajstić information content (AvgIpc) is 2.58. The molecule has 0 unspecified atom stereocenters. The lowest BCUT2D eigenvalue weighted by Crippen LogP contribution is -2.37. The molecule has 84 valence electrons. The van der Waals surface area contributed by atoms with Crippen LogP contribution in [0.4, 0.5) is 0 Å². The predicted octanol–water partition coefficient (Wildman–Crippen LogP) is 2.41. The normalized spacial score (nSPS) is 11.9. The fourth-order valence-corrected chi connectivity index (χ4v) is 2.87. The lowest BCUT2D eigenvalue weighted by Gasteiger charge is -2.16. The van der Waals surface area contributed by atoms with Crippen LogP contribution in [-0.2, 0) is 0 Å². The van der Waals surface area contributed by atoms with Gasteiger partial charge in [-0.3, -0.25) is 0 Å². The van der Waals surface area contributed by atoms with E-state index in [0.29, 0.717) is 0 Å². The molecular weight excluding hydrogens is 218 g/mol. The molecule has 1 aromatic heterocycles. The van der Waals surface area contributed by atoms with Crippen LogP contribution >= 0.6 is 0 Å². The van der Waals surface area contributed by atoms with E-state index in [1.165, 1.54) is 5.19 Å². The average molecular weight is 233 g/mol. The second-order valence-corrected chi connectivity index (χ2v) is 10.1. The summed E-state index contributed by atoms with van der Waals surface area (Å²) in [4.78, 5) is 13.8. The Morgan fingerprint density at radius 2 is 1.94 bits per heavy atom. The highest BCUT2D eigenvalue weighted by atomic mass is 28.3. The summed E-state index contributed by atoms with van der Waals surface area (Å²) in [5.74, 6) is -0.911. The number of hydrogen-bond donors (Lipinski definition) is 2. The van der Waals surface area contributed by atoms with Gasteiger partial charge in [-0.15, -0.1) is 0 Å². The van der Waals surface area contributed by atoms with Crippen LogP contribution in [0.5, 0.6) is 0 Å². The first-order chi connectivity index (χ1) is 7.38. The zero-order chi connectivity index (χ0) is 11.9. The second-order valence-electron chi connectivity index (χ2n) is 5.04. The minimum absolute atomic E-state index is 0.253. The van der Waals surface area contributed by atoms with Crippen molar-refractivity contribution in [1.82, 2.24) is 4.98 Å². The van der Waals surface area contributed by atoms with E-state index in [2.05, 4.69) is 36.8 Å². The molecule has 0 saturated heterocycles. The van der Waals surface area contributed by atoms with E-state index in [1.54, 1.807) is 6.07 Å². The number of aromatic amines is 1. The number of carboxylic acids is 1. The van der Waals surface area contributed by atoms with Gasteiger partial charge in [0.15, 0.2) is 0 Å². The van der Waals surface area contributed by atoms with Crippen molar-refractivity contribution in [2.75, 3.05) is 0 Å². The fourth-order valence-electron chi connectivity index (χ4n) is 1.71. The van der Waals surface area contributed by atoms with Crippen molar-refractivity contribution in [3.05, 3.63) is 30.0 Å². The van der Waals surface area contributed by atoms with Crippen molar-refractivity contribution in [3.63, 3.8) is 0 Å². The smallest absolute Gasteiger partial charge is 0.352 e. The van der Waals surface area contributed by atoms with Gasteiger partial charge in [-0.25, -0.2) is 4.79 Å². The summed E-state index contributed by atoms with van der Waals surface area (Å²) in [5, 5.41) is 11.2. The zero-order valence-corrected chi connectivity index (χ0v) is 10.7. The van der Waals surface area contributed by atoms with Crippen LogP contribution in [0.15, 0.2) is 24.3 Å². The maximum atomic E-state index is 10.8. The van der Waals surface area contributed by atoms with E-state index in [-0.39, 0.29) is 5.69 Å². The number of carbonyl (C=O) groups is 1. The Morgan fingerprint density at radius 1 is 1.25 bits per heavy atom. The van der Waals surface area contributed by atoms with Gasteiger partial charge >= 0.3 is 5.97 Å². The van der Waals surface area contributed by atoms with Crippen LogP contribution in [-0.4, -0.2) is 24.1 Å². The van der Waals surface area contributed by atoms with Gasteiger partial charge in [-0.2, -0.15) is 0 Å². The first kappa shape index (κ1) is 10.9. The highest BCUT2D eigenvalue weighted by Crippen LogP contribution is 2.15. The molecular formula is C12H15NO2Si. The van der Waals surface area contributed by atoms with Gasteiger partial charge in [0.25, 0.3) is 0 Å². The molecule has 0 spiro atoms. The Bertz CT molecular complexity index is 552. The van der Waals surface area contributed by atoms with Crippen LogP contribution in [0.25, 0.3) is 10.9 Å². The van der Waals surface area contributed by atoms with Gasteiger partial charge in [0.1, 0.15) is 5.69 Å². The van der Waals surface area contributed by atoms with Crippen molar-refractivity contribution in [2.45, 2.75) is 19.6 Å². The molecule has 0 radical (unpaired) electrons. The molecule has 1 heterocycles. The quantitative estimate of drug-likeness (QED) is 0.783. The van der Waals surface area contributed by atoms with E-state index in [4.69, 9.17) is 5.11 Å². The number of rotatable bonds is 2. The molecule has 16 heavy (non-hydrogen) atoms. The molecule has 1 aromatic carbocycles. The molecule has 0 bridgehead atoms. The van der Waals surface area contributed by atoms with Gasteiger partial charge in [0, 0.05) is 10.9 Å². The number of aromatic carboxylic acids is 1. The van der Waals surface area contributed by atoms with Gasteiger partial charge in [0.05, 0.1) is 8.07 Å². The Hall–Kier alpha value is -1.55. The number of carboxylic acid groups (broad SMARTS) is 1. The minimum atomic E-state index is -1.34. The maximum Gasteiger partial charge on any atom is 0.352 e. The van der Waals surface area contributed by atoms with Crippen LogP contribution in [0.3, 0.4) is 0 Å². The molecule has 2 aromatic rings. The summed E-state index contributed by atoms with van der Waals surface area (Å²) in [5.41, 5.74) is 1.17. The number of benzene rings is 1. The molecule has 2 N–H and O–H groups in total. The first-order valence-electron chi connectivity index (χ1n) is 5.24. The summed E-state index contributed by atoms with van der Waals surface area (Å²) in [7, 11) is -1.34. The Kier molecular flexibility index (Phi) is 2.39. The Balaban J connectivity index is 2.58. The highest BCUT2D eigenvalue weighted by Gasteiger charge is 2.17. The highest BCUT2D eigenvalue weighted by molar-refractivity contribution is 6.88. The van der Waals surface area contributed by atoms with Gasteiger partial charge in [0.2, 0.25) is 0 Å². The largest absolute Gasteiger partial charge is 0.477 e. The van der Waals surface area contributed by atoms with Crippen LogP contribution < -0.4 is 5.19 Å². The number of H-pyrrole nitrogens is 1. The molecule has 3 nitrogen and oxygen atoms in total. The summed E-state index contributed by atoms with van der Waals surface area (Å²) in [6.07, 6.45) is 0. The molecule has 0 aliphatic heterocycles. The molecule has 0 amide bonds. The molecule has 0 aliphatic carbocycles. The van der Waals surface area contributed by atoms with Crippen LogP contribution in [0, 0.1) is 0 Å². The number of nitrogens with one attached hydrogen (secondary N) is 1. The third-order valence-corrected chi connectivity index (χ3v) is 4.76. The standard InChI is InChI=1S/C12H15NO2Si/c1-16(2,3)9-5-4-8-6-11(12(14)15)13-10(8)7-9/h4-7,13H,1-3H3,(H,14,15). The molecule has 0 atom stereocenters. The van der Waals surface area contributed by atoms with Crippen molar-refractivity contribution < 1.29 is 9.90 Å². The summed E-state index contributed by atoms with van der Waals surface area (Å²) >= 11 is 0. The third kappa shape index (κ3) is 1.88. The summed E-state index contributed by atoms with van der Waals surface area (Å²) < 4.78 is 0. The summed E-state index contributed by atoms with van der Waals surface area (Å²) in [6, 6.07) is 7.85. The third-order valence-electron chi connectivity index (χ3n) is 2.72. The van der Waals surface area contributed by atoms with E-state index >= 15 is 0 Å². The lowest BCUT2D eigenvalue weighted by atomic mass is 10.2. The van der Waals surface area contributed by atoms with Crippen LogP contribution in [0.1, 0.15) is 10.5 Å². The summed E-state index contributed by atoms with van der Waals surface area (Å²) in [6.45, 7) is 6.82. The Morgan fingerprint density at radius 3 is 2.50 bits per heavy atom. The van der Waals surface area contributed by atoms with Crippen molar-refractivity contribution >= 4 is 30.1 Å². The van der Waals surface area contributed by atoms with E-state index in [0.717, 1.165) is 10.9 Å². The maximum absolute atomic E-state index is 10.8. The van der Waals surface area contributed by atoms with Crippen molar-refractivity contribution in [2.24, 2.45) is 0 Å². The monoisotopic (exact) mass is 233 g/mol. The van der Waals surface area contributed by atoms with Gasteiger partial charge < -0.3 is 10.1 Å². The van der Waals surface area contributed by atoms with Gasteiger partial charge in [-0.1, -0.05) is 37.0 Å². The minimum Gasteiger partial charge on any atom is -0.477 e. The van der Waals surface area contributed by atoms with Crippen molar-refractivity contribution in [3.8, 4) is 0 Å². The molecule has 4 heteroatoms. The molecule has 2 rings (SSSR count). The van der Waals surface area contributed by atoms with Crippen LogP contribution in [0.2, 0.25) is 19.6 Å². The lowest BCUT2D eigenvalue weighted by molar-refractivity contribution is 0.0691.